The van der Waals surface area contributed by atoms with Crippen LogP contribution in [0.1, 0.15) is 47.2 Å². The molecule has 1 aliphatic heterocycles. The maximum absolute atomic E-state index is 12.3. The number of aryl methyl sites for hydroxylation is 2. The van der Waals surface area contributed by atoms with Crippen molar-refractivity contribution in [3.8, 4) is 0 Å². The van der Waals surface area contributed by atoms with Gasteiger partial charge in [0.05, 0.1) is 0 Å². The van der Waals surface area contributed by atoms with Crippen LogP contribution in [0.15, 0.2) is 18.2 Å². The highest BCUT2D eigenvalue weighted by atomic mass is 16.2. The van der Waals surface area contributed by atoms with E-state index in [1.54, 1.807) is 0 Å². The first kappa shape index (κ1) is 18.1. The van der Waals surface area contributed by atoms with Crippen molar-refractivity contribution in [2.24, 2.45) is 0 Å². The van der Waals surface area contributed by atoms with Crippen LogP contribution in [0.25, 0.3) is 0 Å². The smallest absolute Gasteiger partial charge is 0.220 e. The average Bonchev–Trinajstić information content (AvgIpc) is 3.12. The summed E-state index contributed by atoms with van der Waals surface area (Å²) in [6, 6.07) is 6.01. The second-order valence-corrected chi connectivity index (χ2v) is 7.06. The number of rotatable bonds is 8. The summed E-state index contributed by atoms with van der Waals surface area (Å²) in [5, 5.41) is 6.27. The minimum atomic E-state index is -0.0187. The van der Waals surface area contributed by atoms with Crippen LogP contribution in [0.2, 0.25) is 0 Å². The van der Waals surface area contributed by atoms with Crippen molar-refractivity contribution in [3.63, 3.8) is 0 Å². The molecule has 25 heavy (non-hydrogen) atoms. The molecule has 1 amide bonds. The summed E-state index contributed by atoms with van der Waals surface area (Å²) in [7, 11) is 0. The van der Waals surface area contributed by atoms with Gasteiger partial charge in [-0.3, -0.25) is 9.59 Å². The maximum Gasteiger partial charge on any atom is 0.220 e. The van der Waals surface area contributed by atoms with E-state index in [4.69, 9.17) is 0 Å². The van der Waals surface area contributed by atoms with Gasteiger partial charge in [0.15, 0.2) is 5.78 Å². The fourth-order valence-electron chi connectivity index (χ4n) is 3.67. The summed E-state index contributed by atoms with van der Waals surface area (Å²) < 4.78 is 0. The Morgan fingerprint density at radius 3 is 2.72 bits per heavy atom. The quantitative estimate of drug-likeness (QED) is 0.555. The number of nitrogens with one attached hydrogen (secondary N) is 2. The van der Waals surface area contributed by atoms with E-state index in [0.29, 0.717) is 13.0 Å². The normalized spacial score (nSPS) is 17.3. The van der Waals surface area contributed by atoms with Gasteiger partial charge in [-0.05, 0) is 49.4 Å². The largest absolute Gasteiger partial charge is 0.356 e. The highest BCUT2D eigenvalue weighted by Crippen LogP contribution is 2.23. The van der Waals surface area contributed by atoms with Crippen molar-refractivity contribution < 1.29 is 9.59 Å². The lowest BCUT2D eigenvalue weighted by molar-refractivity contribution is -0.121. The molecule has 0 saturated carbocycles. The van der Waals surface area contributed by atoms with Crippen LogP contribution in [0.3, 0.4) is 0 Å². The van der Waals surface area contributed by atoms with Gasteiger partial charge in [-0.25, -0.2) is 0 Å². The van der Waals surface area contributed by atoms with Crippen molar-refractivity contribution in [2.45, 2.75) is 38.5 Å². The lowest BCUT2D eigenvalue weighted by Crippen LogP contribution is -2.44. The standard InChI is InChI=1S/C20H29N3O2/c24-19(18-6-5-16-3-1-4-17(16)15-18)7-8-20(25)22-9-2-12-23-13-10-21-11-14-23/h5-6,15,21H,1-4,7-14H2,(H,22,25). The molecule has 0 atom stereocenters. The molecule has 0 unspecified atom stereocenters. The van der Waals surface area contributed by atoms with Crippen molar-refractivity contribution in [1.29, 1.82) is 0 Å². The predicted octanol–water partition coefficient (Wildman–Crippen LogP) is 1.55. The molecule has 2 aliphatic rings. The van der Waals surface area contributed by atoms with Crippen LogP contribution in [0, 0.1) is 0 Å². The summed E-state index contributed by atoms with van der Waals surface area (Å²) in [6.45, 7) is 5.99. The molecular weight excluding hydrogens is 314 g/mol. The molecule has 1 heterocycles. The molecule has 136 valence electrons. The Morgan fingerprint density at radius 2 is 1.88 bits per heavy atom. The molecule has 0 bridgehead atoms. The Bertz CT molecular complexity index is 609. The minimum Gasteiger partial charge on any atom is -0.356 e. The number of piperazine rings is 1. The third-order valence-electron chi connectivity index (χ3n) is 5.18. The molecule has 2 N–H and O–H groups in total. The number of hydrogen-bond acceptors (Lipinski definition) is 4. The molecule has 5 nitrogen and oxygen atoms in total. The first-order valence-corrected chi connectivity index (χ1v) is 9.57. The van der Waals surface area contributed by atoms with Crippen molar-refractivity contribution >= 4 is 11.7 Å². The molecule has 1 aromatic carbocycles. The van der Waals surface area contributed by atoms with Gasteiger partial charge in [0.1, 0.15) is 0 Å². The molecule has 5 heteroatoms. The van der Waals surface area contributed by atoms with Gasteiger partial charge in [-0.2, -0.15) is 0 Å². The lowest BCUT2D eigenvalue weighted by Gasteiger charge is -2.27. The Morgan fingerprint density at radius 1 is 1.08 bits per heavy atom. The Balaban J connectivity index is 1.32. The summed E-state index contributed by atoms with van der Waals surface area (Å²) in [6.07, 6.45) is 4.92. The number of benzene rings is 1. The van der Waals surface area contributed by atoms with Gasteiger partial charge >= 0.3 is 0 Å². The number of carbonyl (C=O) groups excluding carboxylic acids is 2. The molecule has 1 aromatic rings. The molecule has 0 aromatic heterocycles. The number of nitrogens with zero attached hydrogens (tertiary/aromatic N) is 1. The zero-order chi connectivity index (χ0) is 17.5. The van der Waals surface area contributed by atoms with Gasteiger partial charge in [-0.15, -0.1) is 0 Å². The zero-order valence-electron chi connectivity index (χ0n) is 15.0. The fourth-order valence-corrected chi connectivity index (χ4v) is 3.67. The number of amides is 1. The fraction of sp³-hybridized carbons (Fsp3) is 0.600. The zero-order valence-corrected chi connectivity index (χ0v) is 15.0. The Hall–Kier alpha value is -1.72. The van der Waals surface area contributed by atoms with Crippen molar-refractivity contribution in [2.75, 3.05) is 39.3 Å². The number of carbonyl (C=O) groups is 2. The molecule has 0 radical (unpaired) electrons. The Kier molecular flexibility index (Phi) is 6.59. The molecule has 3 rings (SSSR count). The van der Waals surface area contributed by atoms with Crippen molar-refractivity contribution in [3.05, 3.63) is 34.9 Å². The first-order valence-electron chi connectivity index (χ1n) is 9.57. The number of ketones is 1. The van der Waals surface area contributed by atoms with E-state index in [0.717, 1.165) is 57.5 Å². The topological polar surface area (TPSA) is 61.4 Å². The summed E-state index contributed by atoms with van der Waals surface area (Å²) >= 11 is 0. The van der Waals surface area contributed by atoms with E-state index < -0.39 is 0 Å². The van der Waals surface area contributed by atoms with Crippen LogP contribution in [0.4, 0.5) is 0 Å². The first-order chi connectivity index (χ1) is 12.2. The van der Waals surface area contributed by atoms with Gasteiger partial charge in [0.2, 0.25) is 5.91 Å². The van der Waals surface area contributed by atoms with E-state index >= 15 is 0 Å². The highest BCUT2D eigenvalue weighted by Gasteiger charge is 2.15. The van der Waals surface area contributed by atoms with E-state index in [-0.39, 0.29) is 18.1 Å². The van der Waals surface area contributed by atoms with Crippen LogP contribution >= 0.6 is 0 Å². The van der Waals surface area contributed by atoms with Gasteiger partial charge in [-0.1, -0.05) is 12.1 Å². The molecule has 1 saturated heterocycles. The van der Waals surface area contributed by atoms with E-state index in [9.17, 15) is 9.59 Å². The van der Waals surface area contributed by atoms with Gasteiger partial charge in [0, 0.05) is 51.1 Å². The summed E-state index contributed by atoms with van der Waals surface area (Å²) in [4.78, 5) is 26.6. The van der Waals surface area contributed by atoms with Crippen LogP contribution < -0.4 is 10.6 Å². The van der Waals surface area contributed by atoms with E-state index in [2.05, 4.69) is 21.6 Å². The van der Waals surface area contributed by atoms with Crippen LogP contribution in [-0.4, -0.2) is 55.9 Å². The van der Waals surface area contributed by atoms with E-state index in [1.165, 1.54) is 17.5 Å². The third-order valence-corrected chi connectivity index (χ3v) is 5.18. The lowest BCUT2D eigenvalue weighted by atomic mass is 10.0. The van der Waals surface area contributed by atoms with Crippen LogP contribution in [0.5, 0.6) is 0 Å². The maximum atomic E-state index is 12.3. The number of hydrogen-bond donors (Lipinski definition) is 2. The number of fused-ring (bicyclic) bond motifs is 1. The molecule has 0 spiro atoms. The van der Waals surface area contributed by atoms with Gasteiger partial charge < -0.3 is 15.5 Å². The minimum absolute atomic E-state index is 0.0187. The van der Waals surface area contributed by atoms with Gasteiger partial charge in [0.25, 0.3) is 0 Å². The number of Topliss-reactive ketones (excluding diaryl/α,β-unsaturated/α-hetero) is 1. The second-order valence-electron chi connectivity index (χ2n) is 7.06. The highest BCUT2D eigenvalue weighted by molar-refractivity contribution is 5.98. The molecule has 1 fully saturated rings. The monoisotopic (exact) mass is 343 g/mol. The molecular formula is C20H29N3O2. The Labute approximate surface area is 150 Å². The van der Waals surface area contributed by atoms with Crippen LogP contribution in [-0.2, 0) is 17.6 Å². The average molecular weight is 343 g/mol. The SMILES string of the molecule is O=C(CCC(=O)c1ccc2c(c1)CCC2)NCCCN1CCNCC1. The van der Waals surface area contributed by atoms with Crippen molar-refractivity contribution in [1.82, 2.24) is 15.5 Å². The summed E-state index contributed by atoms with van der Waals surface area (Å²) in [5.74, 6) is 0.0560. The van der Waals surface area contributed by atoms with E-state index in [1.807, 2.05) is 12.1 Å². The second kappa shape index (κ2) is 9.11. The predicted molar refractivity (Wildman–Crippen MR) is 99.0 cm³/mol. The molecule has 1 aliphatic carbocycles. The summed E-state index contributed by atoms with van der Waals surface area (Å²) in [5.41, 5.74) is 3.44. The third kappa shape index (κ3) is 5.38.